The lowest BCUT2D eigenvalue weighted by molar-refractivity contribution is -0.702. The van der Waals surface area contributed by atoms with Crippen LogP contribution in [0.3, 0.4) is 0 Å². The van der Waals surface area contributed by atoms with Gasteiger partial charge in [-0.2, -0.15) is 13.3 Å². The van der Waals surface area contributed by atoms with Crippen LogP contribution < -0.4 is 26.3 Å². The normalized spacial score (nSPS) is 13.6. The lowest BCUT2D eigenvalue weighted by atomic mass is 10.1. The van der Waals surface area contributed by atoms with E-state index < -0.39 is 6.61 Å². The Kier molecular flexibility index (Phi) is 6.50. The van der Waals surface area contributed by atoms with Crippen LogP contribution in [0.25, 0.3) is 16.9 Å². The van der Waals surface area contributed by atoms with Gasteiger partial charge in [0.25, 0.3) is 5.82 Å². The lowest BCUT2D eigenvalue weighted by Crippen LogP contribution is -3.00. The number of halogens is 3. The van der Waals surface area contributed by atoms with Gasteiger partial charge in [-0.1, -0.05) is 29.8 Å². The van der Waals surface area contributed by atoms with Crippen molar-refractivity contribution in [3.05, 3.63) is 66.1 Å². The number of alkyl halides is 2. The first kappa shape index (κ1) is 20.5. The maximum absolute atomic E-state index is 12.5. The number of fused-ring (bicyclic) bond motifs is 1. The number of benzene rings is 2. The molecule has 0 radical (unpaired) electrons. The Bertz CT molecular complexity index is 921. The van der Waals surface area contributed by atoms with Crippen LogP contribution in [0, 0.1) is 6.92 Å². The third kappa shape index (κ3) is 4.27. The van der Waals surface area contributed by atoms with E-state index in [2.05, 4.69) is 51.3 Å². The van der Waals surface area contributed by atoms with Gasteiger partial charge in [-0.3, -0.25) is 0 Å². The molecule has 0 unspecified atom stereocenters. The summed E-state index contributed by atoms with van der Waals surface area (Å²) in [6.45, 7) is 0.278. The van der Waals surface area contributed by atoms with Gasteiger partial charge in [0, 0.05) is 12.0 Å². The fraction of sp³-hybridized carbons (Fsp3) is 0.318. The van der Waals surface area contributed by atoms with Crippen LogP contribution in [0.15, 0.2) is 54.7 Å². The minimum absolute atomic E-state index is 0. The van der Waals surface area contributed by atoms with E-state index in [0.717, 1.165) is 36.3 Å². The van der Waals surface area contributed by atoms with Crippen molar-refractivity contribution in [3.63, 3.8) is 0 Å². The Morgan fingerprint density at radius 3 is 2.36 bits per heavy atom. The topological polar surface area (TPSA) is 18.0 Å². The number of imidazole rings is 1. The van der Waals surface area contributed by atoms with Gasteiger partial charge in [-0.15, -0.1) is 0 Å². The van der Waals surface area contributed by atoms with Crippen molar-refractivity contribution in [2.45, 2.75) is 45.8 Å². The quantitative estimate of drug-likeness (QED) is 0.558. The Balaban J connectivity index is 0.00000225. The van der Waals surface area contributed by atoms with Gasteiger partial charge < -0.3 is 21.7 Å². The summed E-state index contributed by atoms with van der Waals surface area (Å²) in [5.74, 6) is 1.43. The van der Waals surface area contributed by atoms with Crippen LogP contribution in [-0.4, -0.2) is 11.2 Å². The largest absolute Gasteiger partial charge is 1.00 e. The average Bonchev–Trinajstić information content (AvgIpc) is 2.85. The number of aryl methyl sites for hydroxylation is 2. The molecule has 3 aromatic rings. The van der Waals surface area contributed by atoms with Gasteiger partial charge in [-0.05, 0) is 50.5 Å². The number of hydrogen-bond acceptors (Lipinski definition) is 1. The van der Waals surface area contributed by atoms with Gasteiger partial charge in [0.05, 0.1) is 6.54 Å². The molecule has 2 aromatic carbocycles. The first-order valence-electron chi connectivity index (χ1n) is 9.38. The molecule has 0 spiro atoms. The summed E-state index contributed by atoms with van der Waals surface area (Å²) >= 11 is 0. The zero-order valence-electron chi connectivity index (χ0n) is 15.7. The summed E-state index contributed by atoms with van der Waals surface area (Å²) in [5.41, 5.74) is 4.45. The first-order valence-corrected chi connectivity index (χ1v) is 9.38. The highest BCUT2D eigenvalue weighted by Crippen LogP contribution is 2.28. The van der Waals surface area contributed by atoms with Gasteiger partial charge in [0.1, 0.15) is 17.6 Å². The van der Waals surface area contributed by atoms with Crippen molar-refractivity contribution in [2.75, 3.05) is 0 Å². The van der Waals surface area contributed by atoms with E-state index in [4.69, 9.17) is 0 Å². The van der Waals surface area contributed by atoms with Gasteiger partial charge >= 0.3 is 6.61 Å². The van der Waals surface area contributed by atoms with Crippen LogP contribution in [0.4, 0.5) is 8.78 Å². The van der Waals surface area contributed by atoms with Gasteiger partial charge in [0.15, 0.2) is 5.69 Å². The minimum Gasteiger partial charge on any atom is -1.00 e. The Hall–Kier alpha value is -2.21. The third-order valence-corrected chi connectivity index (χ3v) is 5.08. The molecule has 148 valence electrons. The second kappa shape index (κ2) is 8.86. The summed E-state index contributed by atoms with van der Waals surface area (Å²) in [7, 11) is 0. The molecular formula is C22H23BrF2N2O. The van der Waals surface area contributed by atoms with Crippen molar-refractivity contribution < 1.29 is 35.1 Å². The van der Waals surface area contributed by atoms with Crippen molar-refractivity contribution in [1.29, 1.82) is 0 Å². The molecule has 0 amide bonds. The minimum atomic E-state index is -2.81. The van der Waals surface area contributed by atoms with E-state index in [1.165, 1.54) is 24.2 Å². The summed E-state index contributed by atoms with van der Waals surface area (Å²) < 4.78 is 34.0. The number of hydrogen-bond donors (Lipinski definition) is 0. The predicted octanol–water partition coefficient (Wildman–Crippen LogP) is 2.07. The summed E-state index contributed by atoms with van der Waals surface area (Å²) in [5, 5.41) is 0. The SMILES string of the molecule is Cc1ccc(-c2c[n+]3c(n2-c2ccc(OC(F)F)cc2)CCCCC3)cc1.[Br-]. The van der Waals surface area contributed by atoms with Crippen LogP contribution in [0.2, 0.25) is 0 Å². The van der Waals surface area contributed by atoms with Crippen LogP contribution in [0.1, 0.15) is 30.7 Å². The molecule has 0 saturated carbocycles. The molecule has 2 heterocycles. The molecule has 1 aliphatic rings. The van der Waals surface area contributed by atoms with Crippen molar-refractivity contribution in [1.82, 2.24) is 4.57 Å². The van der Waals surface area contributed by atoms with Crippen LogP contribution in [0.5, 0.6) is 5.75 Å². The molecule has 4 rings (SSSR count). The van der Waals surface area contributed by atoms with Crippen LogP contribution >= 0.6 is 0 Å². The average molecular weight is 449 g/mol. The summed E-state index contributed by atoms with van der Waals surface area (Å²) in [4.78, 5) is 0. The molecule has 1 aliphatic heterocycles. The monoisotopic (exact) mass is 448 g/mol. The maximum atomic E-state index is 12.5. The molecule has 6 heteroatoms. The zero-order valence-corrected chi connectivity index (χ0v) is 17.3. The molecule has 0 N–H and O–H groups in total. The van der Waals surface area contributed by atoms with E-state index in [0.29, 0.717) is 0 Å². The first-order chi connectivity index (χ1) is 13.1. The van der Waals surface area contributed by atoms with Gasteiger partial charge in [0.2, 0.25) is 0 Å². The molecule has 3 nitrogen and oxygen atoms in total. The van der Waals surface area contributed by atoms with E-state index in [1.807, 2.05) is 12.1 Å². The Morgan fingerprint density at radius 2 is 1.68 bits per heavy atom. The van der Waals surface area contributed by atoms with E-state index in [1.54, 1.807) is 12.1 Å². The van der Waals surface area contributed by atoms with E-state index >= 15 is 0 Å². The standard InChI is InChI=1S/C22H23F2N2O.BrH/c1-16-6-8-17(9-7-16)20-15-25-14-4-2-3-5-21(25)26(20)18-10-12-19(13-11-18)27-22(23)24;/h6-13,15,22H,2-5,14H2,1H3;1H/q+1;/p-1. The highest BCUT2D eigenvalue weighted by molar-refractivity contribution is 5.62. The second-order valence-corrected chi connectivity index (χ2v) is 7.01. The third-order valence-electron chi connectivity index (χ3n) is 5.08. The smallest absolute Gasteiger partial charge is 0.387 e. The second-order valence-electron chi connectivity index (χ2n) is 7.01. The van der Waals surface area contributed by atoms with Crippen molar-refractivity contribution in [3.8, 4) is 22.7 Å². The fourth-order valence-electron chi connectivity index (χ4n) is 3.73. The molecule has 1 aromatic heterocycles. The van der Waals surface area contributed by atoms with Crippen LogP contribution in [-0.2, 0) is 13.0 Å². The molecule has 0 fully saturated rings. The zero-order chi connectivity index (χ0) is 18.8. The number of rotatable bonds is 4. The molecule has 0 bridgehead atoms. The van der Waals surface area contributed by atoms with Crippen molar-refractivity contribution >= 4 is 0 Å². The summed E-state index contributed by atoms with van der Waals surface area (Å²) in [6, 6.07) is 15.4. The Morgan fingerprint density at radius 1 is 0.964 bits per heavy atom. The molecule has 0 saturated heterocycles. The number of nitrogens with zero attached hydrogens (tertiary/aromatic N) is 2. The molecule has 0 aliphatic carbocycles. The highest BCUT2D eigenvalue weighted by atomic mass is 79.9. The molecule has 28 heavy (non-hydrogen) atoms. The number of aromatic nitrogens is 2. The number of ether oxygens (including phenoxy) is 1. The predicted molar refractivity (Wildman–Crippen MR) is 100 cm³/mol. The maximum Gasteiger partial charge on any atom is 0.387 e. The fourth-order valence-corrected chi connectivity index (χ4v) is 3.73. The Labute approximate surface area is 174 Å². The summed E-state index contributed by atoms with van der Waals surface area (Å²) in [6.07, 6.45) is 6.78. The van der Waals surface area contributed by atoms with Crippen molar-refractivity contribution in [2.24, 2.45) is 0 Å². The van der Waals surface area contributed by atoms with E-state index in [9.17, 15) is 8.78 Å². The molecular weight excluding hydrogens is 426 g/mol. The molecule has 0 atom stereocenters. The lowest BCUT2D eigenvalue weighted by Gasteiger charge is -2.08. The van der Waals surface area contributed by atoms with Gasteiger partial charge in [-0.25, -0.2) is 4.57 Å². The van der Waals surface area contributed by atoms with E-state index in [-0.39, 0.29) is 22.7 Å². The highest BCUT2D eigenvalue weighted by Gasteiger charge is 2.27.